The number of amides is 2. The minimum atomic E-state index is -3.70. The summed E-state index contributed by atoms with van der Waals surface area (Å²) >= 11 is 6.20. The number of fused-ring (bicyclic) bond motifs is 1. The maximum atomic E-state index is 12.9. The van der Waals surface area contributed by atoms with Crippen molar-refractivity contribution in [1.29, 1.82) is 0 Å². The van der Waals surface area contributed by atoms with Gasteiger partial charge in [0.25, 0.3) is 17.4 Å². The molecule has 0 fully saturated rings. The lowest BCUT2D eigenvalue weighted by atomic mass is 10.1. The van der Waals surface area contributed by atoms with E-state index in [1.807, 2.05) is 6.07 Å². The predicted octanol–water partition coefficient (Wildman–Crippen LogP) is 3.22. The van der Waals surface area contributed by atoms with E-state index in [1.165, 1.54) is 30.5 Å². The summed E-state index contributed by atoms with van der Waals surface area (Å²) in [6.45, 7) is 1.65. The smallest absolute Gasteiger partial charge is 0.277 e. The van der Waals surface area contributed by atoms with E-state index in [9.17, 15) is 28.0 Å². The molecule has 0 bridgehead atoms. The highest BCUT2D eigenvalue weighted by Crippen LogP contribution is 2.26. The molecule has 2 amide bonds. The molecule has 13 heteroatoms. The zero-order valence-corrected chi connectivity index (χ0v) is 21.0. The Kier molecular flexibility index (Phi) is 7.07. The molecule has 0 spiro atoms. The second-order valence-electron chi connectivity index (χ2n) is 8.13. The summed E-state index contributed by atoms with van der Waals surface area (Å²) in [7, 11) is -3.70. The SMILES string of the molecule is CC(c1ccccc1)N(O)C(=O)c1ccc(Cl)c(NC(=O)c2cc3cnc(S(C)(=O)=O)nc3[nH]c2=O)c1. The summed E-state index contributed by atoms with van der Waals surface area (Å²) < 4.78 is 23.3. The average molecular weight is 542 g/mol. The van der Waals surface area contributed by atoms with Crippen LogP contribution in [0.1, 0.15) is 39.2 Å². The summed E-state index contributed by atoms with van der Waals surface area (Å²) in [5.41, 5.74) is -0.426. The van der Waals surface area contributed by atoms with Gasteiger partial charge in [-0.25, -0.2) is 23.4 Å². The van der Waals surface area contributed by atoms with Crippen LogP contribution in [0.5, 0.6) is 0 Å². The van der Waals surface area contributed by atoms with E-state index in [0.29, 0.717) is 10.6 Å². The highest BCUT2D eigenvalue weighted by atomic mass is 35.5. The third-order valence-electron chi connectivity index (χ3n) is 5.47. The highest BCUT2D eigenvalue weighted by Gasteiger charge is 2.23. The van der Waals surface area contributed by atoms with E-state index in [-0.39, 0.29) is 32.9 Å². The Morgan fingerprint density at radius 3 is 2.51 bits per heavy atom. The molecular weight excluding hydrogens is 522 g/mol. The first-order valence-electron chi connectivity index (χ1n) is 10.7. The van der Waals surface area contributed by atoms with Gasteiger partial charge in [-0.2, -0.15) is 0 Å². The first kappa shape index (κ1) is 25.9. The zero-order chi connectivity index (χ0) is 26.9. The molecule has 4 aromatic rings. The molecule has 0 aliphatic carbocycles. The number of carbonyl (C=O) groups is 2. The molecule has 2 aromatic heterocycles. The van der Waals surface area contributed by atoms with Crippen molar-refractivity contribution in [1.82, 2.24) is 20.0 Å². The van der Waals surface area contributed by atoms with Crippen LogP contribution in [0.15, 0.2) is 70.7 Å². The molecule has 0 aliphatic heterocycles. The average Bonchev–Trinajstić information content (AvgIpc) is 2.87. The Morgan fingerprint density at radius 2 is 1.84 bits per heavy atom. The third-order valence-corrected chi connectivity index (χ3v) is 6.66. The number of anilines is 1. The van der Waals surface area contributed by atoms with E-state index >= 15 is 0 Å². The number of hydrogen-bond acceptors (Lipinski definition) is 8. The maximum Gasteiger partial charge on any atom is 0.277 e. The van der Waals surface area contributed by atoms with Gasteiger partial charge in [-0.05, 0) is 36.8 Å². The Hall–Kier alpha value is -4.13. The van der Waals surface area contributed by atoms with Crippen LogP contribution >= 0.6 is 11.6 Å². The van der Waals surface area contributed by atoms with Crippen LogP contribution in [0, 0.1) is 0 Å². The van der Waals surface area contributed by atoms with Crippen molar-refractivity contribution in [2.45, 2.75) is 18.1 Å². The Bertz CT molecular complexity index is 1690. The van der Waals surface area contributed by atoms with E-state index in [2.05, 4.69) is 20.3 Å². The maximum absolute atomic E-state index is 12.9. The summed E-state index contributed by atoms with van der Waals surface area (Å²) in [4.78, 5) is 48.2. The lowest BCUT2D eigenvalue weighted by molar-refractivity contribution is -0.0854. The molecule has 4 rings (SSSR count). The van der Waals surface area contributed by atoms with Crippen molar-refractivity contribution in [3.63, 3.8) is 0 Å². The number of hydrogen-bond donors (Lipinski definition) is 3. The lowest BCUT2D eigenvalue weighted by Crippen LogP contribution is -2.30. The molecule has 0 radical (unpaired) electrons. The van der Waals surface area contributed by atoms with Gasteiger partial charge in [0.15, 0.2) is 0 Å². The third kappa shape index (κ3) is 5.50. The standard InChI is InChI=1S/C24H20ClN5O6S/c1-13(14-6-4-3-5-7-14)30(34)23(33)15-8-9-18(25)19(11-15)27-21(31)17-10-16-12-26-24(37(2,35)36)29-20(16)28-22(17)32/h3-13,34H,1-2H3,(H,27,31)(H,26,28,29,32). The van der Waals surface area contributed by atoms with Gasteiger partial charge in [-0.1, -0.05) is 41.9 Å². The normalized spacial score (nSPS) is 12.2. The highest BCUT2D eigenvalue weighted by molar-refractivity contribution is 7.90. The molecule has 190 valence electrons. The Balaban J connectivity index is 1.60. The number of rotatable bonds is 6. The second-order valence-corrected chi connectivity index (χ2v) is 10.4. The van der Waals surface area contributed by atoms with Crippen LogP contribution < -0.4 is 10.9 Å². The second kappa shape index (κ2) is 10.1. The minimum absolute atomic E-state index is 0.0291. The van der Waals surface area contributed by atoms with Crippen LogP contribution in [0.3, 0.4) is 0 Å². The van der Waals surface area contributed by atoms with E-state index in [1.54, 1.807) is 31.2 Å². The predicted molar refractivity (Wildman–Crippen MR) is 135 cm³/mol. The van der Waals surface area contributed by atoms with Crippen molar-refractivity contribution in [3.05, 3.63) is 92.9 Å². The number of nitrogens with one attached hydrogen (secondary N) is 2. The fraction of sp³-hybridized carbons (Fsp3) is 0.125. The van der Waals surface area contributed by atoms with E-state index < -0.39 is 38.4 Å². The van der Waals surface area contributed by atoms with Crippen molar-refractivity contribution < 1.29 is 23.2 Å². The van der Waals surface area contributed by atoms with Crippen LogP contribution in [-0.2, 0) is 9.84 Å². The van der Waals surface area contributed by atoms with Crippen molar-refractivity contribution in [2.75, 3.05) is 11.6 Å². The largest absolute Gasteiger partial charge is 0.320 e. The number of benzene rings is 2. The monoisotopic (exact) mass is 541 g/mol. The summed E-state index contributed by atoms with van der Waals surface area (Å²) in [6, 6.07) is 13.5. The number of halogens is 1. The molecule has 0 saturated heterocycles. The van der Waals surface area contributed by atoms with Crippen molar-refractivity contribution in [3.8, 4) is 0 Å². The molecule has 37 heavy (non-hydrogen) atoms. The number of sulfone groups is 1. The van der Waals surface area contributed by atoms with Crippen LogP contribution in [0.2, 0.25) is 5.02 Å². The Labute approximate surface area is 215 Å². The van der Waals surface area contributed by atoms with Crippen molar-refractivity contribution >= 4 is 50.0 Å². The number of H-pyrrole nitrogens is 1. The van der Waals surface area contributed by atoms with Crippen LogP contribution in [-0.4, -0.2) is 51.7 Å². The molecular formula is C24H20ClN5O6S. The zero-order valence-electron chi connectivity index (χ0n) is 19.5. The van der Waals surface area contributed by atoms with Gasteiger partial charge in [0.1, 0.15) is 11.2 Å². The molecule has 0 aliphatic rings. The van der Waals surface area contributed by atoms with Gasteiger partial charge in [-0.15, -0.1) is 0 Å². The Morgan fingerprint density at radius 1 is 1.14 bits per heavy atom. The number of nitrogens with zero attached hydrogens (tertiary/aromatic N) is 3. The van der Waals surface area contributed by atoms with Gasteiger partial charge in [0, 0.05) is 23.4 Å². The molecule has 2 heterocycles. The van der Waals surface area contributed by atoms with Gasteiger partial charge >= 0.3 is 0 Å². The van der Waals surface area contributed by atoms with Gasteiger partial charge < -0.3 is 10.3 Å². The van der Waals surface area contributed by atoms with Gasteiger partial charge in [0.05, 0.1) is 16.8 Å². The van der Waals surface area contributed by atoms with Crippen molar-refractivity contribution in [2.24, 2.45) is 0 Å². The number of pyridine rings is 1. The van der Waals surface area contributed by atoms with Crippen LogP contribution in [0.4, 0.5) is 5.69 Å². The van der Waals surface area contributed by atoms with E-state index in [4.69, 9.17) is 11.6 Å². The number of aromatic nitrogens is 3. The molecule has 0 saturated carbocycles. The topological polar surface area (TPSA) is 162 Å². The van der Waals surface area contributed by atoms with Gasteiger partial charge in [0.2, 0.25) is 15.0 Å². The number of hydroxylamine groups is 2. The van der Waals surface area contributed by atoms with E-state index in [0.717, 1.165) is 6.26 Å². The molecule has 3 N–H and O–H groups in total. The fourth-order valence-corrected chi connectivity index (χ4v) is 4.11. The number of aromatic amines is 1. The quantitative estimate of drug-likeness (QED) is 0.190. The minimum Gasteiger partial charge on any atom is -0.320 e. The first-order valence-corrected chi connectivity index (χ1v) is 13.0. The molecule has 1 atom stereocenters. The number of carbonyl (C=O) groups excluding carboxylic acids is 2. The fourth-order valence-electron chi connectivity index (χ4n) is 3.45. The van der Waals surface area contributed by atoms with Gasteiger partial charge in [-0.3, -0.25) is 19.6 Å². The molecule has 11 nitrogen and oxygen atoms in total. The van der Waals surface area contributed by atoms with Crippen LogP contribution in [0.25, 0.3) is 11.0 Å². The summed E-state index contributed by atoms with van der Waals surface area (Å²) in [5.74, 6) is -1.58. The molecule has 2 aromatic carbocycles. The molecule has 1 unspecified atom stereocenters. The first-order chi connectivity index (χ1) is 17.5. The summed E-state index contributed by atoms with van der Waals surface area (Å²) in [5, 5.41) is 13.4. The summed E-state index contributed by atoms with van der Waals surface area (Å²) in [6.07, 6.45) is 2.09. The lowest BCUT2D eigenvalue weighted by Gasteiger charge is -2.23.